The second-order valence-electron chi connectivity index (χ2n) is 8.17. The zero-order valence-corrected chi connectivity index (χ0v) is 19.7. The van der Waals surface area contributed by atoms with E-state index in [0.717, 1.165) is 25.9 Å². The van der Waals surface area contributed by atoms with Crippen LogP contribution in [0.1, 0.15) is 33.6 Å². The average Bonchev–Trinajstić information content (AvgIpc) is 2.81. The van der Waals surface area contributed by atoms with Crippen molar-refractivity contribution in [1.29, 1.82) is 0 Å². The third-order valence-electron chi connectivity index (χ3n) is 5.90. The molecule has 1 aliphatic heterocycles. The van der Waals surface area contributed by atoms with Gasteiger partial charge in [0, 0.05) is 34.0 Å². The summed E-state index contributed by atoms with van der Waals surface area (Å²) in [6, 6.07) is 14.0. The number of amides is 2. The Morgan fingerprint density at radius 3 is 2.45 bits per heavy atom. The Kier molecular flexibility index (Phi) is 6.98. The molecule has 8 heteroatoms. The van der Waals surface area contributed by atoms with E-state index in [1.165, 1.54) is 6.07 Å². The van der Waals surface area contributed by atoms with E-state index in [2.05, 4.69) is 22.2 Å². The summed E-state index contributed by atoms with van der Waals surface area (Å²) in [7, 11) is 2.07. The number of nitrogens with one attached hydrogen (secondary N) is 1. The summed E-state index contributed by atoms with van der Waals surface area (Å²) in [5.41, 5.74) is 8.51. The molecule has 3 N–H and O–H groups in total. The van der Waals surface area contributed by atoms with Crippen molar-refractivity contribution in [2.75, 3.05) is 20.1 Å². The molecule has 4 rings (SSSR count). The number of hydrogen-bond donors (Lipinski definition) is 2. The van der Waals surface area contributed by atoms with E-state index in [1.54, 1.807) is 24.4 Å². The number of nitrogens with two attached hydrogens (primary N) is 1. The number of likely N-dealkylation sites (tertiary alicyclic amines) is 1. The van der Waals surface area contributed by atoms with Crippen LogP contribution < -0.4 is 11.1 Å². The normalized spacial score (nSPS) is 14.8. The van der Waals surface area contributed by atoms with E-state index in [9.17, 15) is 9.59 Å². The number of carbonyl (C=O) groups excluding carboxylic acids is 2. The average molecular weight is 483 g/mol. The molecule has 2 heterocycles. The molecule has 0 bridgehead atoms. The van der Waals surface area contributed by atoms with Gasteiger partial charge in [0.15, 0.2) is 0 Å². The standard InChI is InChI=1S/C25H24Cl2N4O2/c1-31-12-9-16(10-13-31)30-25(33)17-6-7-18(24(28)32)23(27)22(17)15-5-8-20(26)19(14-15)21-4-2-3-11-29-21/h2-8,11,14,16H,9-10,12-13H2,1H3,(H2,28,32)(H,30,33). The van der Waals surface area contributed by atoms with E-state index >= 15 is 0 Å². The fraction of sp³-hybridized carbons (Fsp3) is 0.240. The van der Waals surface area contributed by atoms with Crippen LogP contribution in [0, 0.1) is 0 Å². The van der Waals surface area contributed by atoms with Gasteiger partial charge in [-0.15, -0.1) is 0 Å². The highest BCUT2D eigenvalue weighted by Gasteiger charge is 2.24. The van der Waals surface area contributed by atoms with Crippen LogP contribution in [0.2, 0.25) is 10.0 Å². The zero-order chi connectivity index (χ0) is 23.5. The number of pyridine rings is 1. The maximum atomic E-state index is 13.3. The van der Waals surface area contributed by atoms with Crippen molar-refractivity contribution in [1.82, 2.24) is 15.2 Å². The molecule has 1 fully saturated rings. The van der Waals surface area contributed by atoms with Gasteiger partial charge in [0.05, 0.1) is 16.3 Å². The van der Waals surface area contributed by atoms with Gasteiger partial charge < -0.3 is 16.0 Å². The molecule has 1 aliphatic rings. The Hall–Kier alpha value is -2.93. The van der Waals surface area contributed by atoms with Crippen LogP contribution in [-0.2, 0) is 0 Å². The van der Waals surface area contributed by atoms with Gasteiger partial charge >= 0.3 is 0 Å². The van der Waals surface area contributed by atoms with Gasteiger partial charge in [-0.25, -0.2) is 0 Å². The molecule has 33 heavy (non-hydrogen) atoms. The number of halogens is 2. The largest absolute Gasteiger partial charge is 0.366 e. The monoisotopic (exact) mass is 482 g/mol. The molecule has 170 valence electrons. The summed E-state index contributed by atoms with van der Waals surface area (Å²) in [5.74, 6) is -0.908. The molecule has 0 atom stereocenters. The van der Waals surface area contributed by atoms with E-state index in [4.69, 9.17) is 28.9 Å². The lowest BCUT2D eigenvalue weighted by Gasteiger charge is -2.29. The summed E-state index contributed by atoms with van der Waals surface area (Å²) < 4.78 is 0. The Morgan fingerprint density at radius 2 is 1.79 bits per heavy atom. The summed E-state index contributed by atoms with van der Waals surface area (Å²) in [6.07, 6.45) is 3.42. The molecule has 0 spiro atoms. The van der Waals surface area contributed by atoms with E-state index < -0.39 is 5.91 Å². The van der Waals surface area contributed by atoms with Crippen molar-refractivity contribution >= 4 is 35.0 Å². The van der Waals surface area contributed by atoms with Crippen molar-refractivity contribution in [2.24, 2.45) is 5.73 Å². The number of nitrogens with zero attached hydrogens (tertiary/aromatic N) is 2. The first-order valence-electron chi connectivity index (χ1n) is 10.7. The first-order valence-corrected chi connectivity index (χ1v) is 11.4. The molecular formula is C25H24Cl2N4O2. The van der Waals surface area contributed by atoms with Crippen LogP contribution >= 0.6 is 23.2 Å². The second-order valence-corrected chi connectivity index (χ2v) is 8.96. The Labute approximate surface area is 202 Å². The maximum Gasteiger partial charge on any atom is 0.252 e. The fourth-order valence-electron chi connectivity index (χ4n) is 4.05. The molecule has 6 nitrogen and oxygen atoms in total. The summed E-state index contributed by atoms with van der Waals surface area (Å²) >= 11 is 13.1. The van der Waals surface area contributed by atoms with Crippen molar-refractivity contribution in [3.8, 4) is 22.4 Å². The van der Waals surface area contributed by atoms with Crippen molar-refractivity contribution in [3.63, 3.8) is 0 Å². The lowest BCUT2D eigenvalue weighted by Crippen LogP contribution is -2.43. The highest BCUT2D eigenvalue weighted by molar-refractivity contribution is 6.37. The molecule has 1 saturated heterocycles. The number of carbonyl (C=O) groups is 2. The molecule has 1 aromatic heterocycles. The number of primary amides is 1. The molecule has 2 amide bonds. The van der Waals surface area contributed by atoms with Crippen LogP contribution in [-0.4, -0.2) is 47.9 Å². The molecule has 2 aromatic carbocycles. The zero-order valence-electron chi connectivity index (χ0n) is 18.1. The quantitative estimate of drug-likeness (QED) is 0.553. The van der Waals surface area contributed by atoms with Gasteiger partial charge in [0.2, 0.25) is 5.91 Å². The molecule has 0 unspecified atom stereocenters. The van der Waals surface area contributed by atoms with E-state index in [1.807, 2.05) is 24.3 Å². The van der Waals surface area contributed by atoms with E-state index in [-0.39, 0.29) is 22.5 Å². The molecule has 0 aliphatic carbocycles. The highest BCUT2D eigenvalue weighted by atomic mass is 35.5. The van der Waals surface area contributed by atoms with E-state index in [0.29, 0.717) is 33.0 Å². The maximum absolute atomic E-state index is 13.3. The second kappa shape index (κ2) is 9.91. The van der Waals surface area contributed by atoms with Crippen LogP contribution in [0.5, 0.6) is 0 Å². The minimum Gasteiger partial charge on any atom is -0.366 e. The molecule has 0 radical (unpaired) electrons. The van der Waals surface area contributed by atoms with Gasteiger partial charge in [-0.2, -0.15) is 0 Å². The van der Waals surface area contributed by atoms with Crippen molar-refractivity contribution < 1.29 is 9.59 Å². The summed E-state index contributed by atoms with van der Waals surface area (Å²) in [4.78, 5) is 31.9. The van der Waals surface area contributed by atoms with Crippen LogP contribution in [0.3, 0.4) is 0 Å². The van der Waals surface area contributed by atoms with Crippen molar-refractivity contribution in [3.05, 3.63) is 75.9 Å². The smallest absolute Gasteiger partial charge is 0.252 e. The third-order valence-corrected chi connectivity index (χ3v) is 6.62. The molecule has 0 saturated carbocycles. The fourth-order valence-corrected chi connectivity index (χ4v) is 4.63. The van der Waals surface area contributed by atoms with Crippen LogP contribution in [0.4, 0.5) is 0 Å². The lowest BCUT2D eigenvalue weighted by atomic mass is 9.94. The predicted octanol–water partition coefficient (Wildman–Crippen LogP) is 4.65. The summed E-state index contributed by atoms with van der Waals surface area (Å²) in [6.45, 7) is 1.84. The Balaban J connectivity index is 1.79. The SMILES string of the molecule is CN1CCC(NC(=O)c2ccc(C(N)=O)c(Cl)c2-c2ccc(Cl)c(-c3ccccn3)c2)CC1. The minimum atomic E-state index is -0.664. The van der Waals surface area contributed by atoms with Gasteiger partial charge in [-0.05, 0) is 74.9 Å². The number of aromatic nitrogens is 1. The van der Waals surface area contributed by atoms with Gasteiger partial charge in [0.1, 0.15) is 0 Å². The topological polar surface area (TPSA) is 88.3 Å². The Bertz CT molecular complexity index is 1190. The molecular weight excluding hydrogens is 459 g/mol. The van der Waals surface area contributed by atoms with Gasteiger partial charge in [-0.3, -0.25) is 14.6 Å². The number of rotatable bonds is 5. The summed E-state index contributed by atoms with van der Waals surface area (Å²) in [5, 5.41) is 3.76. The highest BCUT2D eigenvalue weighted by Crippen LogP contribution is 2.38. The Morgan fingerprint density at radius 1 is 1.06 bits per heavy atom. The first kappa shape index (κ1) is 23.2. The number of piperidine rings is 1. The van der Waals surface area contributed by atoms with Crippen molar-refractivity contribution in [2.45, 2.75) is 18.9 Å². The lowest BCUT2D eigenvalue weighted by molar-refractivity contribution is 0.0916. The van der Waals surface area contributed by atoms with Gasteiger partial charge in [0.25, 0.3) is 5.91 Å². The minimum absolute atomic E-state index is 0.0745. The third kappa shape index (κ3) is 5.03. The number of benzene rings is 2. The number of hydrogen-bond acceptors (Lipinski definition) is 4. The predicted molar refractivity (Wildman–Crippen MR) is 132 cm³/mol. The van der Waals surface area contributed by atoms with Crippen LogP contribution in [0.15, 0.2) is 54.7 Å². The first-order chi connectivity index (χ1) is 15.8. The van der Waals surface area contributed by atoms with Crippen LogP contribution in [0.25, 0.3) is 22.4 Å². The molecule has 3 aromatic rings. The van der Waals surface area contributed by atoms with Gasteiger partial charge in [-0.1, -0.05) is 35.3 Å².